The van der Waals surface area contributed by atoms with Crippen LogP contribution in [0.1, 0.15) is 39.0 Å². The van der Waals surface area contributed by atoms with Crippen LogP contribution in [0.3, 0.4) is 0 Å². The molecule has 1 aromatic carbocycles. The lowest BCUT2D eigenvalue weighted by Crippen LogP contribution is -2.41. The van der Waals surface area contributed by atoms with Crippen molar-refractivity contribution in [1.29, 1.82) is 0 Å². The highest BCUT2D eigenvalue weighted by Crippen LogP contribution is 2.42. The normalized spacial score (nSPS) is 16.4. The maximum Gasteiger partial charge on any atom is 0.412 e. The van der Waals surface area contributed by atoms with E-state index in [4.69, 9.17) is 9.47 Å². The van der Waals surface area contributed by atoms with Gasteiger partial charge in [-0.2, -0.15) is 4.31 Å². The van der Waals surface area contributed by atoms with Crippen LogP contribution >= 0.6 is 11.3 Å². The van der Waals surface area contributed by atoms with Crippen LogP contribution in [-0.2, 0) is 30.8 Å². The van der Waals surface area contributed by atoms with Crippen molar-refractivity contribution < 1.29 is 27.5 Å². The molecule has 1 aromatic heterocycles. The monoisotopic (exact) mass is 466 g/mol. The average Bonchev–Trinajstić information content (AvgIpc) is 3.20. The Balaban J connectivity index is 1.78. The Morgan fingerprint density at radius 1 is 1.23 bits per heavy atom. The van der Waals surface area contributed by atoms with Crippen molar-refractivity contribution in [2.24, 2.45) is 0 Å². The maximum absolute atomic E-state index is 13.0. The van der Waals surface area contributed by atoms with Gasteiger partial charge in [0.1, 0.15) is 11.6 Å². The highest BCUT2D eigenvalue weighted by atomic mass is 32.2. The lowest BCUT2D eigenvalue weighted by molar-refractivity contribution is -0.145. The number of nitrogens with zero attached hydrogens (tertiary/aromatic N) is 1. The molecule has 0 saturated carbocycles. The number of nitrogens with one attached hydrogen (secondary N) is 1. The molecule has 0 radical (unpaired) electrons. The van der Waals surface area contributed by atoms with Crippen LogP contribution in [0.5, 0.6) is 0 Å². The molecule has 1 aliphatic heterocycles. The van der Waals surface area contributed by atoms with Crippen molar-refractivity contribution in [2.75, 3.05) is 12.4 Å². The minimum atomic E-state index is -3.77. The van der Waals surface area contributed by atoms with Crippen LogP contribution in [0.15, 0.2) is 35.2 Å². The van der Waals surface area contributed by atoms with Gasteiger partial charge in [0.15, 0.2) is 0 Å². The molecule has 1 N–H and O–H groups in total. The summed E-state index contributed by atoms with van der Waals surface area (Å²) in [7, 11) is -2.52. The number of anilines is 1. The van der Waals surface area contributed by atoms with Gasteiger partial charge in [0.05, 0.1) is 18.6 Å². The van der Waals surface area contributed by atoms with Gasteiger partial charge >= 0.3 is 12.1 Å². The van der Waals surface area contributed by atoms with Gasteiger partial charge in [-0.05, 0) is 51.0 Å². The second-order valence-electron chi connectivity index (χ2n) is 8.10. The summed E-state index contributed by atoms with van der Waals surface area (Å²) in [5, 5.41) is 2.67. The second-order valence-corrected chi connectivity index (χ2v) is 11.1. The van der Waals surface area contributed by atoms with Crippen molar-refractivity contribution in [3.63, 3.8) is 0 Å². The van der Waals surface area contributed by atoms with Crippen LogP contribution in [-0.4, -0.2) is 43.5 Å². The largest absolute Gasteiger partial charge is 0.468 e. The fraction of sp³-hybridized carbons (Fsp3) is 0.429. The molecule has 8 nitrogen and oxygen atoms in total. The number of sulfonamides is 1. The Bertz CT molecular complexity index is 1080. The highest BCUT2D eigenvalue weighted by molar-refractivity contribution is 7.89. The van der Waals surface area contributed by atoms with Crippen LogP contribution in [0, 0.1) is 0 Å². The molecular formula is C21H26N2O6S2. The molecule has 0 saturated heterocycles. The van der Waals surface area contributed by atoms with Crippen molar-refractivity contribution in [2.45, 2.75) is 57.2 Å². The predicted octanol–water partition coefficient (Wildman–Crippen LogP) is 4.22. The smallest absolute Gasteiger partial charge is 0.412 e. The summed E-state index contributed by atoms with van der Waals surface area (Å²) in [5.41, 5.74) is 0.812. The minimum absolute atomic E-state index is 0.147. The molecule has 0 bridgehead atoms. The van der Waals surface area contributed by atoms with Gasteiger partial charge in [0.25, 0.3) is 0 Å². The van der Waals surface area contributed by atoms with Gasteiger partial charge < -0.3 is 9.47 Å². The first-order valence-electron chi connectivity index (χ1n) is 9.79. The Kier molecular flexibility index (Phi) is 6.45. The van der Waals surface area contributed by atoms with E-state index in [2.05, 4.69) is 5.32 Å². The van der Waals surface area contributed by atoms with Crippen LogP contribution in [0.4, 0.5) is 10.5 Å². The number of rotatable bonds is 5. The first kappa shape index (κ1) is 23.2. The standard InChI is InChI=1S/C21H26N2O6S2/c1-6-15(19(24)28-5)23-12-17-18(31(23,26)27)11-16(30-17)13-7-9-14(10-8-13)22-20(25)29-21(2,3)4/h7-11,15H,6,12H2,1-5H3,(H,22,25). The SMILES string of the molecule is CCC(C(=O)OC)N1Cc2sc(-c3ccc(NC(=O)OC(C)(C)C)cc3)cc2S1(=O)=O. The molecule has 31 heavy (non-hydrogen) atoms. The molecule has 168 valence electrons. The highest BCUT2D eigenvalue weighted by Gasteiger charge is 2.43. The number of fused-ring (bicyclic) bond motifs is 1. The average molecular weight is 467 g/mol. The lowest BCUT2D eigenvalue weighted by Gasteiger charge is -2.23. The minimum Gasteiger partial charge on any atom is -0.468 e. The quantitative estimate of drug-likeness (QED) is 0.662. The third-order valence-corrected chi connectivity index (χ3v) is 7.90. The molecule has 3 rings (SSSR count). The van der Waals surface area contributed by atoms with E-state index >= 15 is 0 Å². The number of methoxy groups -OCH3 is 1. The van der Waals surface area contributed by atoms with Gasteiger partial charge in [0.2, 0.25) is 10.0 Å². The van der Waals surface area contributed by atoms with E-state index in [0.29, 0.717) is 17.0 Å². The van der Waals surface area contributed by atoms with E-state index in [1.54, 1.807) is 58.0 Å². The summed E-state index contributed by atoms with van der Waals surface area (Å²) in [6.07, 6.45) is -0.211. The number of carbonyl (C=O) groups is 2. The molecule has 1 unspecified atom stereocenters. The molecule has 2 heterocycles. The molecule has 0 spiro atoms. The molecule has 1 atom stereocenters. The van der Waals surface area contributed by atoms with Crippen molar-refractivity contribution in [3.05, 3.63) is 35.2 Å². The predicted molar refractivity (Wildman–Crippen MR) is 118 cm³/mol. The molecule has 0 fully saturated rings. The summed E-state index contributed by atoms with van der Waals surface area (Å²) >= 11 is 1.37. The fourth-order valence-corrected chi connectivity index (χ4v) is 6.67. The summed E-state index contributed by atoms with van der Waals surface area (Å²) in [6, 6.07) is 7.87. The molecule has 2 aromatic rings. The molecule has 1 aliphatic rings. The van der Waals surface area contributed by atoms with Crippen LogP contribution in [0.2, 0.25) is 0 Å². The topological polar surface area (TPSA) is 102 Å². The number of hydrogen-bond acceptors (Lipinski definition) is 7. The van der Waals surface area contributed by atoms with E-state index in [0.717, 1.165) is 10.4 Å². The van der Waals surface area contributed by atoms with Crippen molar-refractivity contribution in [3.8, 4) is 10.4 Å². The first-order valence-corrected chi connectivity index (χ1v) is 12.0. The Morgan fingerprint density at radius 3 is 2.39 bits per heavy atom. The number of hydrogen-bond donors (Lipinski definition) is 1. The number of benzene rings is 1. The van der Waals surface area contributed by atoms with E-state index in [1.807, 2.05) is 0 Å². The van der Waals surface area contributed by atoms with Crippen LogP contribution in [0.25, 0.3) is 10.4 Å². The summed E-state index contributed by atoms with van der Waals surface area (Å²) in [6.45, 7) is 7.26. The van der Waals surface area contributed by atoms with E-state index in [9.17, 15) is 18.0 Å². The summed E-state index contributed by atoms with van der Waals surface area (Å²) in [4.78, 5) is 25.6. The van der Waals surface area contributed by atoms with E-state index in [-0.39, 0.29) is 11.4 Å². The Labute approximate surface area is 186 Å². The fourth-order valence-electron chi connectivity index (χ4n) is 3.28. The third kappa shape index (κ3) is 4.91. The Morgan fingerprint density at radius 2 is 1.87 bits per heavy atom. The maximum atomic E-state index is 13.0. The number of esters is 1. The first-order chi connectivity index (χ1) is 14.5. The molecule has 10 heteroatoms. The summed E-state index contributed by atoms with van der Waals surface area (Å²) < 4.78 is 37.2. The zero-order chi connectivity index (χ0) is 23.0. The molecule has 0 aliphatic carbocycles. The van der Waals surface area contributed by atoms with E-state index < -0.39 is 33.7 Å². The van der Waals surface area contributed by atoms with Gasteiger partial charge in [0, 0.05) is 15.4 Å². The van der Waals surface area contributed by atoms with Gasteiger partial charge in [-0.25, -0.2) is 13.2 Å². The zero-order valence-corrected chi connectivity index (χ0v) is 19.7. The molecular weight excluding hydrogens is 440 g/mol. The van der Waals surface area contributed by atoms with Gasteiger partial charge in [-0.1, -0.05) is 19.1 Å². The van der Waals surface area contributed by atoms with Crippen molar-refractivity contribution >= 4 is 39.1 Å². The number of ether oxygens (including phenoxy) is 2. The zero-order valence-electron chi connectivity index (χ0n) is 18.1. The van der Waals surface area contributed by atoms with Gasteiger partial charge in [-0.3, -0.25) is 10.1 Å². The van der Waals surface area contributed by atoms with E-state index in [1.165, 1.54) is 22.8 Å². The second kappa shape index (κ2) is 8.60. The Hall–Kier alpha value is -2.43. The van der Waals surface area contributed by atoms with Crippen molar-refractivity contribution in [1.82, 2.24) is 4.31 Å². The van der Waals surface area contributed by atoms with Crippen LogP contribution < -0.4 is 5.32 Å². The molecule has 1 amide bonds. The number of carbonyl (C=O) groups excluding carboxylic acids is 2. The number of thiophene rings is 1. The third-order valence-electron chi connectivity index (χ3n) is 4.68. The number of amides is 1. The lowest BCUT2D eigenvalue weighted by atomic mass is 10.1. The van der Waals surface area contributed by atoms with Gasteiger partial charge in [-0.15, -0.1) is 11.3 Å². The summed E-state index contributed by atoms with van der Waals surface area (Å²) in [5.74, 6) is -0.561.